The van der Waals surface area contributed by atoms with Crippen molar-refractivity contribution in [2.75, 3.05) is 0 Å². The second-order valence-electron chi connectivity index (χ2n) is 12.2. The number of carboxylic acid groups (broad SMARTS) is 1. The Hall–Kier alpha value is -5.81. The molecule has 52 heavy (non-hydrogen) atoms. The summed E-state index contributed by atoms with van der Waals surface area (Å²) < 4.78 is 15.7. The van der Waals surface area contributed by atoms with Crippen molar-refractivity contribution in [3.05, 3.63) is 150 Å². The normalized spacial score (nSPS) is 13.0. The molecule has 0 aliphatic rings. The van der Waals surface area contributed by atoms with Gasteiger partial charge in [0.2, 0.25) is 17.7 Å². The van der Waals surface area contributed by atoms with Gasteiger partial charge >= 0.3 is 13.8 Å². The van der Waals surface area contributed by atoms with Crippen molar-refractivity contribution in [3.63, 3.8) is 0 Å². The van der Waals surface area contributed by atoms with Gasteiger partial charge in [-0.05, 0) is 45.2 Å². The first-order valence-corrected chi connectivity index (χ1v) is 18.0. The Morgan fingerprint density at radius 2 is 1.02 bits per heavy atom. The monoisotopic (exact) mass is 723 g/mol. The Balaban J connectivity index is 1.33. The molecule has 3 amide bonds. The number of rotatable bonds is 16. The largest absolute Gasteiger partial charge is 0.524 e. The van der Waals surface area contributed by atoms with Crippen LogP contribution in [0.2, 0.25) is 0 Å². The van der Waals surface area contributed by atoms with Gasteiger partial charge in [-0.1, -0.05) is 115 Å². The maximum atomic E-state index is 14.0. The highest BCUT2D eigenvalue weighted by atomic mass is 31.2. The van der Waals surface area contributed by atoms with Gasteiger partial charge in [0, 0.05) is 19.3 Å². The maximum absolute atomic E-state index is 14.0. The summed E-state index contributed by atoms with van der Waals surface area (Å²) in [6.45, 7) is 0. The fourth-order valence-corrected chi connectivity index (χ4v) is 6.10. The van der Waals surface area contributed by atoms with Gasteiger partial charge in [-0.3, -0.25) is 24.2 Å². The molecule has 0 saturated heterocycles. The molecule has 5 aromatic rings. The lowest BCUT2D eigenvalue weighted by atomic mass is 10.0. The zero-order chi connectivity index (χ0) is 37.1. The average molecular weight is 724 g/mol. The van der Waals surface area contributed by atoms with Crippen molar-refractivity contribution in [2.45, 2.75) is 43.8 Å². The van der Waals surface area contributed by atoms with E-state index in [0.717, 1.165) is 21.9 Å². The number of amides is 3. The number of phosphoric ester groups is 1. The predicted octanol–water partition coefficient (Wildman–Crippen LogP) is 4.12. The van der Waals surface area contributed by atoms with Crippen LogP contribution in [0.1, 0.15) is 22.3 Å². The minimum absolute atomic E-state index is 0.0179. The fourth-order valence-electron chi connectivity index (χ4n) is 5.70. The second-order valence-corrected chi connectivity index (χ2v) is 13.4. The number of hydrogen-bond acceptors (Lipinski definition) is 6. The van der Waals surface area contributed by atoms with Gasteiger partial charge in [-0.15, -0.1) is 0 Å². The SMILES string of the molecule is O=C(Cc1ccc2ccccc2c1)N[C@H](Cc1ccccc1)C(=O)N[C@H](Cc1ccccc1)C(=O)N[C@@H](Cc1ccc(OP(=O)(O)O)cc1)C(=O)O. The molecule has 0 bridgehead atoms. The second kappa shape index (κ2) is 17.4. The molecule has 13 heteroatoms. The van der Waals surface area contributed by atoms with Crippen LogP contribution >= 0.6 is 7.82 Å². The van der Waals surface area contributed by atoms with E-state index in [-0.39, 0.29) is 31.4 Å². The third-order valence-electron chi connectivity index (χ3n) is 8.23. The highest BCUT2D eigenvalue weighted by Crippen LogP contribution is 2.37. The van der Waals surface area contributed by atoms with Crippen LogP contribution in [0.15, 0.2) is 127 Å². The van der Waals surface area contributed by atoms with Crippen molar-refractivity contribution in [2.24, 2.45) is 0 Å². The molecule has 0 aliphatic heterocycles. The van der Waals surface area contributed by atoms with E-state index < -0.39 is 49.6 Å². The van der Waals surface area contributed by atoms with E-state index in [1.807, 2.05) is 72.8 Å². The summed E-state index contributed by atoms with van der Waals surface area (Å²) in [5, 5.41) is 20.1. The van der Waals surface area contributed by atoms with Crippen molar-refractivity contribution in [3.8, 4) is 5.75 Å². The Bertz CT molecular complexity index is 2050. The molecule has 0 aliphatic carbocycles. The first kappa shape index (κ1) is 37.4. The van der Waals surface area contributed by atoms with Gasteiger partial charge in [-0.2, -0.15) is 0 Å². The van der Waals surface area contributed by atoms with Crippen LogP contribution in [0.25, 0.3) is 10.8 Å². The van der Waals surface area contributed by atoms with E-state index in [1.54, 1.807) is 30.3 Å². The van der Waals surface area contributed by atoms with Crippen molar-refractivity contribution in [1.29, 1.82) is 0 Å². The van der Waals surface area contributed by atoms with Crippen LogP contribution < -0.4 is 20.5 Å². The van der Waals surface area contributed by atoms with Crippen LogP contribution in [-0.4, -0.2) is 56.7 Å². The summed E-state index contributed by atoms with van der Waals surface area (Å²) in [4.78, 5) is 71.4. The molecule has 0 saturated carbocycles. The number of fused-ring (bicyclic) bond motifs is 1. The molecule has 0 spiro atoms. The molecule has 0 aromatic heterocycles. The fraction of sp³-hybridized carbons (Fsp3) is 0.179. The zero-order valence-electron chi connectivity index (χ0n) is 27.9. The zero-order valence-corrected chi connectivity index (χ0v) is 28.8. The molecule has 268 valence electrons. The van der Waals surface area contributed by atoms with Gasteiger partial charge in [0.15, 0.2) is 0 Å². The molecular formula is C39H38N3O9P. The molecule has 12 nitrogen and oxygen atoms in total. The molecule has 0 heterocycles. The van der Waals surface area contributed by atoms with E-state index in [4.69, 9.17) is 9.79 Å². The molecule has 6 N–H and O–H groups in total. The van der Waals surface area contributed by atoms with E-state index in [0.29, 0.717) is 11.1 Å². The molecular weight excluding hydrogens is 685 g/mol. The molecule has 5 aromatic carbocycles. The Labute approximate surface area is 300 Å². The lowest BCUT2D eigenvalue weighted by molar-refractivity contribution is -0.142. The number of nitrogens with one attached hydrogen (secondary N) is 3. The van der Waals surface area contributed by atoms with Crippen LogP contribution in [0.3, 0.4) is 0 Å². The predicted molar refractivity (Wildman–Crippen MR) is 194 cm³/mol. The first-order valence-electron chi connectivity index (χ1n) is 16.4. The maximum Gasteiger partial charge on any atom is 0.524 e. The number of carbonyl (C=O) groups is 4. The van der Waals surface area contributed by atoms with E-state index in [2.05, 4.69) is 20.5 Å². The summed E-state index contributed by atoms with van der Waals surface area (Å²) >= 11 is 0. The number of carboxylic acids is 1. The summed E-state index contributed by atoms with van der Waals surface area (Å²) in [5.41, 5.74) is 2.68. The van der Waals surface area contributed by atoms with Crippen molar-refractivity contribution < 1.29 is 43.2 Å². The third-order valence-corrected chi connectivity index (χ3v) is 8.68. The number of hydrogen-bond donors (Lipinski definition) is 6. The average Bonchev–Trinajstić information content (AvgIpc) is 3.11. The highest BCUT2D eigenvalue weighted by molar-refractivity contribution is 7.46. The van der Waals surface area contributed by atoms with Crippen LogP contribution in [0, 0.1) is 0 Å². The standard InChI is InChI=1S/C39H38N3O9P/c43-36(25-29-15-18-30-13-7-8-14-31(30)21-29)40-33(22-26-9-3-1-4-10-26)37(44)41-34(23-27-11-5-2-6-12-27)38(45)42-35(39(46)47)24-28-16-19-32(20-17-28)51-52(48,49)50/h1-21,33-35H,22-25H2,(H,40,43)(H,41,44)(H,42,45)(H,46,47)(H2,48,49,50)/t33-,34-,35+/m1/s1. The molecule has 0 fully saturated rings. The summed E-state index contributed by atoms with van der Waals surface area (Å²) in [7, 11) is -4.79. The van der Waals surface area contributed by atoms with E-state index in [1.165, 1.54) is 24.3 Å². The topological polar surface area (TPSA) is 191 Å². The number of phosphoric acid groups is 1. The molecule has 0 radical (unpaired) electrons. The Morgan fingerprint density at radius 1 is 0.558 bits per heavy atom. The Morgan fingerprint density at radius 3 is 1.58 bits per heavy atom. The van der Waals surface area contributed by atoms with E-state index in [9.17, 15) is 28.8 Å². The van der Waals surface area contributed by atoms with Crippen LogP contribution in [0.4, 0.5) is 0 Å². The lowest BCUT2D eigenvalue weighted by Crippen LogP contribution is -2.57. The molecule has 3 atom stereocenters. The summed E-state index contributed by atoms with van der Waals surface area (Å²) in [5.74, 6) is -3.23. The molecule has 0 unspecified atom stereocenters. The first-order chi connectivity index (χ1) is 24.9. The minimum atomic E-state index is -4.79. The van der Waals surface area contributed by atoms with Crippen LogP contribution in [-0.2, 0) is 49.4 Å². The Kier molecular flexibility index (Phi) is 12.5. The quantitative estimate of drug-likeness (QED) is 0.0814. The van der Waals surface area contributed by atoms with Gasteiger partial charge in [0.25, 0.3) is 0 Å². The number of benzene rings is 5. The van der Waals surface area contributed by atoms with Gasteiger partial charge in [0.05, 0.1) is 6.42 Å². The number of aliphatic carboxylic acids is 1. The van der Waals surface area contributed by atoms with Gasteiger partial charge in [-0.25, -0.2) is 9.36 Å². The summed E-state index contributed by atoms with van der Waals surface area (Å²) in [6, 6.07) is 33.2. The van der Waals surface area contributed by atoms with Gasteiger partial charge < -0.3 is 25.6 Å². The molecule has 5 rings (SSSR count). The summed E-state index contributed by atoms with van der Waals surface area (Å²) in [6.07, 6.45) is 0.00626. The highest BCUT2D eigenvalue weighted by Gasteiger charge is 2.30. The lowest BCUT2D eigenvalue weighted by Gasteiger charge is -2.25. The van der Waals surface area contributed by atoms with Crippen molar-refractivity contribution >= 4 is 42.3 Å². The van der Waals surface area contributed by atoms with E-state index >= 15 is 0 Å². The minimum Gasteiger partial charge on any atom is -0.480 e. The third kappa shape index (κ3) is 11.4. The smallest absolute Gasteiger partial charge is 0.480 e. The number of carbonyl (C=O) groups excluding carboxylic acids is 3. The van der Waals surface area contributed by atoms with Gasteiger partial charge in [0.1, 0.15) is 23.9 Å². The van der Waals surface area contributed by atoms with Crippen molar-refractivity contribution in [1.82, 2.24) is 16.0 Å². The van der Waals surface area contributed by atoms with Crippen LogP contribution in [0.5, 0.6) is 5.75 Å².